The first-order valence-electron chi connectivity index (χ1n) is 13.4. The number of nitrogens with zero attached hydrogens (tertiary/aromatic N) is 3. The maximum Gasteiger partial charge on any atom is 0.454 e. The van der Waals surface area contributed by atoms with E-state index in [9.17, 15) is 20.2 Å². The van der Waals surface area contributed by atoms with E-state index in [4.69, 9.17) is 32.5 Å². The van der Waals surface area contributed by atoms with Crippen molar-refractivity contribution in [2.24, 2.45) is 0 Å². The highest BCUT2D eigenvalue weighted by Gasteiger charge is 2.48. The van der Waals surface area contributed by atoms with Crippen LogP contribution < -0.4 is 4.90 Å². The number of anilines is 1. The van der Waals surface area contributed by atoms with Gasteiger partial charge in [-0.3, -0.25) is 20.2 Å². The molecule has 2 aliphatic heterocycles. The average Bonchev–Trinajstić information content (AvgIpc) is 3.41. The quantitative estimate of drug-likeness (QED) is 0.112. The number of hydrogen-bond donors (Lipinski definition) is 0. The molecule has 13 heteroatoms. The molecule has 0 amide bonds. The van der Waals surface area contributed by atoms with Gasteiger partial charge in [-0.2, -0.15) is 0 Å². The lowest BCUT2D eigenvalue weighted by Crippen LogP contribution is -2.41. The Morgan fingerprint density at radius 1 is 0.810 bits per heavy atom. The third-order valence-electron chi connectivity index (χ3n) is 7.98. The first kappa shape index (κ1) is 32.5. The summed E-state index contributed by atoms with van der Waals surface area (Å²) in [6.07, 6.45) is 1.43. The first-order chi connectivity index (χ1) is 19.6. The summed E-state index contributed by atoms with van der Waals surface area (Å²) in [5, 5.41) is 23.0. The topological polar surface area (TPSA) is 108 Å². The molecule has 0 aromatic heterocycles. The monoisotopic (exact) mass is 725 g/mol. The standard InChI is InChI=1S/C22H16Cl2IN3O4.C7H15BO2/c23-17-7-1-13(11-21(17)27(29)30)19-9-10-20(26(19)16-5-3-15(25)4-6-16)14-2-8-18(24)22(12-14)28(31)32;1-6(2)7(3,4)10-8(5)9-6/h1-8,11-12,19-20H,9-10H2;1-5H3. The molecule has 0 N–H and O–H groups in total. The van der Waals surface area contributed by atoms with Gasteiger partial charge in [-0.25, -0.2) is 0 Å². The average molecular weight is 726 g/mol. The lowest BCUT2D eigenvalue weighted by atomic mass is 9.90. The van der Waals surface area contributed by atoms with E-state index in [-0.39, 0.29) is 51.8 Å². The molecule has 2 saturated heterocycles. The van der Waals surface area contributed by atoms with Crippen LogP contribution in [-0.2, 0) is 9.31 Å². The Balaban J connectivity index is 0.000000343. The Kier molecular flexibility index (Phi) is 9.78. The Morgan fingerprint density at radius 2 is 1.21 bits per heavy atom. The fourth-order valence-corrected chi connectivity index (χ4v) is 6.06. The second-order valence-corrected chi connectivity index (χ2v) is 13.3. The molecule has 2 heterocycles. The van der Waals surface area contributed by atoms with Gasteiger partial charge in [0.1, 0.15) is 10.0 Å². The van der Waals surface area contributed by atoms with Gasteiger partial charge >= 0.3 is 7.12 Å². The molecule has 9 nitrogen and oxygen atoms in total. The van der Waals surface area contributed by atoms with E-state index < -0.39 is 9.85 Å². The molecule has 3 aromatic carbocycles. The molecule has 5 rings (SSSR count). The van der Waals surface area contributed by atoms with Gasteiger partial charge in [0, 0.05) is 21.4 Å². The van der Waals surface area contributed by atoms with Crippen molar-refractivity contribution in [3.05, 3.63) is 106 Å². The summed E-state index contributed by atoms with van der Waals surface area (Å²) in [6, 6.07) is 17.3. The SMILES string of the molecule is CB1OC(C)(C)C(C)(C)O1.O=[N+]([O-])c1cc(C2CCC(c3ccc(Cl)c([N+](=O)[O-])c3)N2c2ccc(I)cc2)ccc1Cl. The molecule has 2 atom stereocenters. The molecule has 2 fully saturated rings. The van der Waals surface area contributed by atoms with E-state index in [2.05, 4.69) is 55.2 Å². The molecular formula is C29H31BCl2IN3O6. The third kappa shape index (κ3) is 6.86. The predicted octanol–water partition coefficient (Wildman–Crippen LogP) is 9.21. The van der Waals surface area contributed by atoms with Gasteiger partial charge in [0.25, 0.3) is 11.4 Å². The summed E-state index contributed by atoms with van der Waals surface area (Å²) in [5.74, 6) is 0. The number of benzene rings is 3. The third-order valence-corrected chi connectivity index (χ3v) is 9.34. The predicted molar refractivity (Wildman–Crippen MR) is 175 cm³/mol. The molecule has 0 spiro atoms. The molecule has 42 heavy (non-hydrogen) atoms. The summed E-state index contributed by atoms with van der Waals surface area (Å²) in [6.45, 7) is 10.1. The van der Waals surface area contributed by atoms with E-state index in [0.29, 0.717) is 12.8 Å². The van der Waals surface area contributed by atoms with E-state index in [1.807, 2.05) is 31.1 Å². The van der Waals surface area contributed by atoms with Crippen LogP contribution in [0.3, 0.4) is 0 Å². The van der Waals surface area contributed by atoms with Crippen LogP contribution in [0.2, 0.25) is 16.9 Å². The van der Waals surface area contributed by atoms with Crippen LogP contribution >= 0.6 is 45.8 Å². The minimum atomic E-state index is -0.490. The van der Waals surface area contributed by atoms with Crippen molar-refractivity contribution < 1.29 is 19.2 Å². The zero-order chi connectivity index (χ0) is 31.0. The summed E-state index contributed by atoms with van der Waals surface area (Å²) >= 11 is 14.3. The summed E-state index contributed by atoms with van der Waals surface area (Å²) < 4.78 is 12.2. The Morgan fingerprint density at radius 3 is 1.55 bits per heavy atom. The van der Waals surface area contributed by atoms with Crippen LogP contribution in [-0.4, -0.2) is 28.2 Å². The van der Waals surface area contributed by atoms with Gasteiger partial charge in [0.15, 0.2) is 0 Å². The van der Waals surface area contributed by atoms with Crippen LogP contribution in [0.25, 0.3) is 0 Å². The van der Waals surface area contributed by atoms with E-state index >= 15 is 0 Å². The highest BCUT2D eigenvalue weighted by Crippen LogP contribution is 2.48. The van der Waals surface area contributed by atoms with Gasteiger partial charge in [-0.1, -0.05) is 35.3 Å². The van der Waals surface area contributed by atoms with Crippen LogP contribution in [0.15, 0.2) is 60.7 Å². The molecule has 3 aromatic rings. The van der Waals surface area contributed by atoms with E-state index in [1.54, 1.807) is 24.3 Å². The zero-order valence-corrected chi connectivity index (χ0v) is 27.5. The highest BCUT2D eigenvalue weighted by atomic mass is 127. The van der Waals surface area contributed by atoms with Crippen molar-refractivity contribution in [1.82, 2.24) is 0 Å². The smallest absolute Gasteiger partial charge is 0.403 e. The second-order valence-electron chi connectivity index (χ2n) is 11.3. The van der Waals surface area contributed by atoms with Gasteiger partial charge in [-0.05, 0) is 117 Å². The van der Waals surface area contributed by atoms with Gasteiger partial charge < -0.3 is 14.2 Å². The van der Waals surface area contributed by atoms with Gasteiger partial charge in [-0.15, -0.1) is 0 Å². The largest absolute Gasteiger partial charge is 0.454 e. The minimum Gasteiger partial charge on any atom is -0.403 e. The Bertz CT molecular complexity index is 1400. The van der Waals surface area contributed by atoms with Crippen LogP contribution in [0.5, 0.6) is 0 Å². The zero-order valence-electron chi connectivity index (χ0n) is 23.8. The van der Waals surface area contributed by atoms with Crippen molar-refractivity contribution >= 4 is 70.0 Å². The number of hydrogen-bond acceptors (Lipinski definition) is 7. The Labute approximate surface area is 269 Å². The number of nitro benzene ring substituents is 2. The molecule has 222 valence electrons. The maximum atomic E-state index is 11.4. The molecular weight excluding hydrogens is 695 g/mol. The first-order valence-corrected chi connectivity index (χ1v) is 15.2. The maximum absolute atomic E-state index is 11.4. The number of halogens is 3. The molecule has 0 radical (unpaired) electrons. The van der Waals surface area contributed by atoms with Crippen LogP contribution in [0, 0.1) is 23.8 Å². The van der Waals surface area contributed by atoms with E-state index in [1.165, 1.54) is 12.1 Å². The molecule has 2 aliphatic rings. The molecule has 0 aliphatic carbocycles. The fourth-order valence-electron chi connectivity index (χ4n) is 5.33. The number of nitro groups is 2. The summed E-state index contributed by atoms with van der Waals surface area (Å²) in [4.78, 5) is 24.0. The summed E-state index contributed by atoms with van der Waals surface area (Å²) in [5.41, 5.74) is 1.86. The minimum absolute atomic E-state index is 0.0648. The van der Waals surface area contributed by atoms with E-state index in [0.717, 1.165) is 20.4 Å². The van der Waals surface area contributed by atoms with Gasteiger partial charge in [0.2, 0.25) is 0 Å². The lowest BCUT2D eigenvalue weighted by molar-refractivity contribution is -0.384. The van der Waals surface area contributed by atoms with Crippen molar-refractivity contribution in [2.45, 2.75) is 70.6 Å². The lowest BCUT2D eigenvalue weighted by Gasteiger charge is -2.33. The molecule has 2 unspecified atom stereocenters. The number of rotatable bonds is 5. The second kappa shape index (κ2) is 12.7. The fraction of sp³-hybridized carbons (Fsp3) is 0.379. The molecule has 0 saturated carbocycles. The van der Waals surface area contributed by atoms with Crippen molar-refractivity contribution in [2.75, 3.05) is 4.90 Å². The van der Waals surface area contributed by atoms with Crippen molar-refractivity contribution in [3.63, 3.8) is 0 Å². The normalized spacial score (nSPS) is 20.7. The van der Waals surface area contributed by atoms with Crippen LogP contribution in [0.4, 0.5) is 17.1 Å². The molecule has 0 bridgehead atoms. The summed E-state index contributed by atoms with van der Waals surface area (Å²) in [7, 11) is -0.0648. The highest BCUT2D eigenvalue weighted by molar-refractivity contribution is 14.1. The van der Waals surface area contributed by atoms with Crippen LogP contribution in [0.1, 0.15) is 63.7 Å². The Hall–Kier alpha value is -2.45. The van der Waals surface area contributed by atoms with Gasteiger partial charge in [0.05, 0.1) is 33.1 Å². The van der Waals surface area contributed by atoms with Crippen molar-refractivity contribution in [3.8, 4) is 0 Å². The van der Waals surface area contributed by atoms with Crippen molar-refractivity contribution in [1.29, 1.82) is 0 Å².